The zero-order chi connectivity index (χ0) is 19.1. The summed E-state index contributed by atoms with van der Waals surface area (Å²) in [7, 11) is 1.71. The largest absolute Gasteiger partial charge is 0.497 e. The summed E-state index contributed by atoms with van der Waals surface area (Å²) in [5, 5.41) is 3.69. The quantitative estimate of drug-likeness (QED) is 0.816. The van der Waals surface area contributed by atoms with Crippen molar-refractivity contribution in [3.05, 3.63) is 47.9 Å². The van der Waals surface area contributed by atoms with Crippen LogP contribution in [0.2, 0.25) is 0 Å². The fourth-order valence-corrected chi connectivity index (χ4v) is 5.64. The maximum Gasteiger partial charge on any atom is 0.292 e. The molecule has 1 aromatic heterocycles. The summed E-state index contributed by atoms with van der Waals surface area (Å²) in [6, 6.07) is 11.3. The number of methoxy groups -OCH3 is 1. The number of hydrogen-bond acceptors (Lipinski definition) is 5. The van der Waals surface area contributed by atoms with Crippen molar-refractivity contribution in [1.82, 2.24) is 15.0 Å². The van der Waals surface area contributed by atoms with Crippen LogP contribution >= 0.6 is 0 Å². The van der Waals surface area contributed by atoms with E-state index in [1.54, 1.807) is 19.4 Å². The highest BCUT2D eigenvalue weighted by atomic mass is 16.5. The lowest BCUT2D eigenvalue weighted by Crippen LogP contribution is -2.60. The molecule has 28 heavy (non-hydrogen) atoms. The van der Waals surface area contributed by atoms with E-state index >= 15 is 0 Å². The minimum atomic E-state index is -0.0110. The molecule has 3 saturated heterocycles. The first-order valence-corrected chi connectivity index (χ1v) is 10.3. The molecule has 0 saturated carbocycles. The van der Waals surface area contributed by atoms with Gasteiger partial charge in [-0.2, -0.15) is 0 Å². The van der Waals surface area contributed by atoms with Crippen molar-refractivity contribution >= 4 is 5.91 Å². The van der Waals surface area contributed by atoms with Gasteiger partial charge in [-0.15, -0.1) is 0 Å². The van der Waals surface area contributed by atoms with Gasteiger partial charge >= 0.3 is 0 Å². The van der Waals surface area contributed by atoms with Crippen LogP contribution in [0.4, 0.5) is 0 Å². The van der Waals surface area contributed by atoms with Gasteiger partial charge in [-0.25, -0.2) is 0 Å². The maximum absolute atomic E-state index is 12.8. The Morgan fingerprint density at radius 3 is 2.75 bits per heavy atom. The van der Waals surface area contributed by atoms with E-state index in [0.717, 1.165) is 25.4 Å². The number of likely N-dealkylation sites (tertiary alicyclic amines) is 1. The highest BCUT2D eigenvalue weighted by Crippen LogP contribution is 2.44. The second kappa shape index (κ2) is 7.24. The van der Waals surface area contributed by atoms with E-state index in [4.69, 9.17) is 9.26 Å². The SMILES string of the molecule is COc1ccc([C@H]2CCC[C@H]3[C@@H]4C[C@@H](CN(C(=O)c5ccno5)C4)CN23)cc1. The van der Waals surface area contributed by atoms with Gasteiger partial charge in [0.15, 0.2) is 0 Å². The number of fused-ring (bicyclic) bond motifs is 4. The first-order valence-electron chi connectivity index (χ1n) is 10.3. The van der Waals surface area contributed by atoms with Crippen molar-refractivity contribution in [2.45, 2.75) is 37.8 Å². The minimum Gasteiger partial charge on any atom is -0.497 e. The average molecular weight is 381 g/mol. The van der Waals surface area contributed by atoms with Crippen LogP contribution in [0, 0.1) is 11.8 Å². The number of piperidine rings is 3. The summed E-state index contributed by atoms with van der Waals surface area (Å²) >= 11 is 0. The first kappa shape index (κ1) is 17.7. The molecule has 0 unspecified atom stereocenters. The van der Waals surface area contributed by atoms with Gasteiger partial charge in [0.2, 0.25) is 5.76 Å². The summed E-state index contributed by atoms with van der Waals surface area (Å²) in [5.41, 5.74) is 1.39. The molecule has 0 spiro atoms. The summed E-state index contributed by atoms with van der Waals surface area (Å²) in [4.78, 5) is 17.5. The van der Waals surface area contributed by atoms with Gasteiger partial charge in [-0.05, 0) is 55.2 Å². The van der Waals surface area contributed by atoms with E-state index in [0.29, 0.717) is 29.7 Å². The van der Waals surface area contributed by atoms with Crippen molar-refractivity contribution < 1.29 is 14.1 Å². The number of aromatic nitrogens is 1. The number of benzene rings is 1. The molecular formula is C22H27N3O3. The Hall–Kier alpha value is -2.34. The molecule has 1 amide bonds. The molecule has 3 aliphatic rings. The number of carbonyl (C=O) groups is 1. The topological polar surface area (TPSA) is 58.8 Å². The van der Waals surface area contributed by atoms with Crippen LogP contribution in [-0.2, 0) is 0 Å². The summed E-state index contributed by atoms with van der Waals surface area (Å²) in [6.45, 7) is 2.71. The Labute approximate surface area is 165 Å². The molecule has 0 N–H and O–H groups in total. The minimum absolute atomic E-state index is 0.0110. The molecule has 148 valence electrons. The van der Waals surface area contributed by atoms with Crippen LogP contribution in [0.5, 0.6) is 5.75 Å². The van der Waals surface area contributed by atoms with Crippen LogP contribution < -0.4 is 4.74 Å². The van der Waals surface area contributed by atoms with Gasteiger partial charge in [-0.1, -0.05) is 17.3 Å². The van der Waals surface area contributed by atoms with Crippen LogP contribution in [0.25, 0.3) is 0 Å². The molecular weight excluding hydrogens is 354 g/mol. The smallest absolute Gasteiger partial charge is 0.292 e. The van der Waals surface area contributed by atoms with Crippen LogP contribution in [-0.4, -0.2) is 53.6 Å². The molecule has 4 atom stereocenters. The number of hydrogen-bond donors (Lipinski definition) is 0. The Kier molecular flexibility index (Phi) is 4.59. The van der Waals surface area contributed by atoms with Crippen LogP contribution in [0.15, 0.2) is 41.1 Å². The van der Waals surface area contributed by atoms with Gasteiger partial charge in [0.1, 0.15) is 5.75 Å². The molecule has 0 aliphatic carbocycles. The Bertz CT molecular complexity index is 820. The van der Waals surface area contributed by atoms with Gasteiger partial charge < -0.3 is 14.2 Å². The van der Waals surface area contributed by atoms with Gasteiger partial charge in [0.25, 0.3) is 5.91 Å². The first-order chi connectivity index (χ1) is 13.7. The van der Waals surface area contributed by atoms with Crippen LogP contribution in [0.3, 0.4) is 0 Å². The van der Waals surface area contributed by atoms with Gasteiger partial charge in [0, 0.05) is 37.8 Å². The number of carbonyl (C=O) groups excluding carboxylic acids is 1. The lowest BCUT2D eigenvalue weighted by molar-refractivity contribution is -0.0517. The standard InChI is InChI=1S/C22H27N3O3/c1-27-18-7-5-16(6-8-18)19-3-2-4-20-17-11-15(13-25(19)20)12-24(14-17)22(26)21-9-10-23-28-21/h5-10,15,17,19-20H,2-4,11-14H2,1H3/t15-,17+,19+,20-/m0/s1. The molecule has 1 aromatic carbocycles. The maximum atomic E-state index is 12.8. The van der Waals surface area contributed by atoms with Gasteiger partial charge in [-0.3, -0.25) is 9.69 Å². The van der Waals surface area contributed by atoms with E-state index in [1.807, 2.05) is 4.90 Å². The van der Waals surface area contributed by atoms with Gasteiger partial charge in [0.05, 0.1) is 13.3 Å². The zero-order valence-electron chi connectivity index (χ0n) is 16.3. The Morgan fingerprint density at radius 1 is 1.14 bits per heavy atom. The van der Waals surface area contributed by atoms with Crippen molar-refractivity contribution in [1.29, 1.82) is 0 Å². The van der Waals surface area contributed by atoms with Crippen LogP contribution in [0.1, 0.15) is 47.8 Å². The fraction of sp³-hybridized carbons (Fsp3) is 0.545. The monoisotopic (exact) mass is 381 g/mol. The number of nitrogens with zero attached hydrogens (tertiary/aromatic N) is 3. The van der Waals surface area contributed by atoms with E-state index in [9.17, 15) is 4.79 Å². The predicted molar refractivity (Wildman–Crippen MR) is 104 cm³/mol. The van der Waals surface area contributed by atoms with Crippen molar-refractivity contribution in [3.63, 3.8) is 0 Å². The summed E-state index contributed by atoms with van der Waals surface area (Å²) in [5.74, 6) is 2.33. The van der Waals surface area contributed by atoms with E-state index in [-0.39, 0.29) is 5.91 Å². The molecule has 2 aromatic rings. The molecule has 3 aliphatic heterocycles. The van der Waals surface area contributed by atoms with E-state index in [1.165, 1.54) is 31.2 Å². The molecule has 0 radical (unpaired) electrons. The Balaban J connectivity index is 1.35. The molecule has 6 heteroatoms. The van der Waals surface area contributed by atoms with E-state index < -0.39 is 0 Å². The molecule has 2 bridgehead atoms. The Morgan fingerprint density at radius 2 is 2.00 bits per heavy atom. The van der Waals surface area contributed by atoms with Crippen molar-refractivity contribution in [3.8, 4) is 5.75 Å². The van der Waals surface area contributed by atoms with E-state index in [2.05, 4.69) is 34.3 Å². The highest BCUT2D eigenvalue weighted by Gasteiger charge is 2.46. The molecule has 4 heterocycles. The van der Waals surface area contributed by atoms with Crippen molar-refractivity contribution in [2.75, 3.05) is 26.7 Å². The fourth-order valence-electron chi connectivity index (χ4n) is 5.64. The summed E-state index contributed by atoms with van der Waals surface area (Å²) < 4.78 is 10.4. The summed E-state index contributed by atoms with van der Waals surface area (Å²) in [6.07, 6.45) is 6.46. The second-order valence-corrected chi connectivity index (χ2v) is 8.43. The normalized spacial score (nSPS) is 30.0. The number of ether oxygens (including phenoxy) is 1. The lowest BCUT2D eigenvalue weighted by atomic mass is 9.74. The van der Waals surface area contributed by atoms with Crippen molar-refractivity contribution in [2.24, 2.45) is 11.8 Å². The third kappa shape index (κ3) is 3.09. The highest BCUT2D eigenvalue weighted by molar-refractivity contribution is 5.91. The predicted octanol–water partition coefficient (Wildman–Crippen LogP) is 3.37. The second-order valence-electron chi connectivity index (χ2n) is 8.43. The third-order valence-electron chi connectivity index (χ3n) is 6.82. The number of amides is 1. The average Bonchev–Trinajstić information content (AvgIpc) is 3.28. The molecule has 3 fully saturated rings. The third-order valence-corrected chi connectivity index (χ3v) is 6.82. The zero-order valence-corrected chi connectivity index (χ0v) is 16.3. The molecule has 5 rings (SSSR count). The lowest BCUT2D eigenvalue weighted by Gasteiger charge is -2.55. The molecule has 6 nitrogen and oxygen atoms in total. The number of rotatable bonds is 3.